The summed E-state index contributed by atoms with van der Waals surface area (Å²) in [6, 6.07) is 5.36. The molecule has 3 atom stereocenters. The molecular formula is C22H31N5O5. The lowest BCUT2D eigenvalue weighted by Crippen LogP contribution is -2.55. The molecule has 0 saturated heterocycles. The molecule has 2 aromatic rings. The van der Waals surface area contributed by atoms with Crippen molar-refractivity contribution in [2.45, 2.75) is 51.8 Å². The Hall–Kier alpha value is -3.40. The lowest BCUT2D eigenvalue weighted by Gasteiger charge is -2.21. The Balaban J connectivity index is 1.94. The Morgan fingerprint density at radius 2 is 1.75 bits per heavy atom. The van der Waals surface area contributed by atoms with Crippen LogP contribution in [0.3, 0.4) is 0 Å². The summed E-state index contributed by atoms with van der Waals surface area (Å²) in [5.41, 5.74) is 7.16. The van der Waals surface area contributed by atoms with Crippen LogP contribution in [0.15, 0.2) is 30.5 Å². The fourth-order valence-electron chi connectivity index (χ4n) is 3.27. The van der Waals surface area contributed by atoms with Gasteiger partial charge < -0.3 is 31.8 Å². The fourth-order valence-corrected chi connectivity index (χ4v) is 3.27. The van der Waals surface area contributed by atoms with E-state index in [0.29, 0.717) is 0 Å². The molecule has 0 fully saturated rings. The third kappa shape index (κ3) is 7.09. The number of aliphatic hydroxyl groups excluding tert-OH is 1. The van der Waals surface area contributed by atoms with Crippen LogP contribution in [0.25, 0.3) is 10.9 Å². The lowest BCUT2D eigenvalue weighted by molar-refractivity contribution is -0.133. The third-order valence-corrected chi connectivity index (χ3v) is 4.88. The molecule has 1 aromatic carbocycles. The summed E-state index contributed by atoms with van der Waals surface area (Å²) in [6.45, 7) is 4.63. The maximum absolute atomic E-state index is 12.4. The summed E-state index contributed by atoms with van der Waals surface area (Å²) >= 11 is 0. The van der Waals surface area contributed by atoms with E-state index < -0.39 is 42.5 Å². The van der Waals surface area contributed by atoms with Crippen molar-refractivity contribution in [1.82, 2.24) is 20.9 Å². The molecule has 0 saturated carbocycles. The lowest BCUT2D eigenvalue weighted by atomic mass is 10.0. The Morgan fingerprint density at radius 1 is 1.06 bits per heavy atom. The topological polar surface area (TPSA) is 166 Å². The summed E-state index contributed by atoms with van der Waals surface area (Å²) in [6.07, 6.45) is 0.974. The number of hydrogen-bond acceptors (Lipinski definition) is 5. The van der Waals surface area contributed by atoms with Crippen molar-refractivity contribution >= 4 is 34.5 Å². The van der Waals surface area contributed by atoms with E-state index in [4.69, 9.17) is 5.73 Å². The van der Waals surface area contributed by atoms with Gasteiger partial charge in [-0.05, 0) is 24.5 Å². The van der Waals surface area contributed by atoms with Crippen LogP contribution in [-0.4, -0.2) is 58.5 Å². The molecule has 32 heavy (non-hydrogen) atoms. The van der Waals surface area contributed by atoms with Crippen LogP contribution in [0, 0.1) is 5.92 Å². The minimum atomic E-state index is -1.20. The molecule has 0 bridgehead atoms. The molecule has 0 aliphatic rings. The maximum atomic E-state index is 12.4. The zero-order chi connectivity index (χ0) is 23.8. The highest BCUT2D eigenvalue weighted by atomic mass is 16.3. The first-order valence-electron chi connectivity index (χ1n) is 10.5. The molecule has 1 heterocycles. The highest BCUT2D eigenvalue weighted by Gasteiger charge is 2.27. The molecule has 0 unspecified atom stereocenters. The summed E-state index contributed by atoms with van der Waals surface area (Å²) in [7, 11) is 0. The van der Waals surface area contributed by atoms with Gasteiger partial charge in [-0.3, -0.25) is 19.2 Å². The van der Waals surface area contributed by atoms with E-state index in [1.165, 1.54) is 6.92 Å². The molecule has 0 radical (unpaired) electrons. The SMILES string of the molecule is CC(C)CC(=O)N[C@H](C(=O)NCC(=O)N[C@@H](Cc1c[nH]c2ccccc12)C(N)=O)[C@@H](C)O. The van der Waals surface area contributed by atoms with Gasteiger partial charge in [0.05, 0.1) is 12.6 Å². The predicted octanol–water partition coefficient (Wildman–Crippen LogP) is -0.292. The average Bonchev–Trinajstić information content (AvgIpc) is 3.12. The van der Waals surface area contributed by atoms with Gasteiger partial charge in [-0.15, -0.1) is 0 Å². The predicted molar refractivity (Wildman–Crippen MR) is 119 cm³/mol. The number of benzene rings is 1. The molecule has 10 nitrogen and oxygen atoms in total. The second kappa shape index (κ2) is 11.3. The maximum Gasteiger partial charge on any atom is 0.245 e. The first-order valence-corrected chi connectivity index (χ1v) is 10.5. The van der Waals surface area contributed by atoms with Gasteiger partial charge in [-0.25, -0.2) is 0 Å². The Labute approximate surface area is 186 Å². The monoisotopic (exact) mass is 445 g/mol. The molecule has 4 amide bonds. The van der Waals surface area contributed by atoms with Crippen molar-refractivity contribution in [3.8, 4) is 0 Å². The number of carbonyl (C=O) groups excluding carboxylic acids is 4. The second-order valence-corrected chi connectivity index (χ2v) is 8.19. The highest BCUT2D eigenvalue weighted by Crippen LogP contribution is 2.19. The number of nitrogens with one attached hydrogen (secondary N) is 4. The second-order valence-electron chi connectivity index (χ2n) is 8.19. The minimum Gasteiger partial charge on any atom is -0.391 e. The van der Waals surface area contributed by atoms with Gasteiger partial charge in [0.25, 0.3) is 0 Å². The Kier molecular flexibility index (Phi) is 8.77. The normalized spacial score (nSPS) is 13.9. The molecule has 174 valence electrons. The van der Waals surface area contributed by atoms with E-state index in [0.717, 1.165) is 16.5 Å². The van der Waals surface area contributed by atoms with E-state index in [-0.39, 0.29) is 24.7 Å². The molecule has 10 heteroatoms. The number of para-hydroxylation sites is 1. The number of hydrogen-bond donors (Lipinski definition) is 6. The molecular weight excluding hydrogens is 414 g/mol. The Morgan fingerprint density at radius 3 is 2.38 bits per heavy atom. The first kappa shape index (κ1) is 24.9. The van der Waals surface area contributed by atoms with Crippen molar-refractivity contribution in [3.05, 3.63) is 36.0 Å². The summed E-state index contributed by atoms with van der Waals surface area (Å²) in [5, 5.41) is 18.1. The van der Waals surface area contributed by atoms with E-state index in [2.05, 4.69) is 20.9 Å². The average molecular weight is 446 g/mol. The summed E-state index contributed by atoms with van der Waals surface area (Å²) < 4.78 is 0. The largest absolute Gasteiger partial charge is 0.391 e. The van der Waals surface area contributed by atoms with Crippen LogP contribution in [0.1, 0.15) is 32.8 Å². The number of H-pyrrole nitrogens is 1. The molecule has 7 N–H and O–H groups in total. The van der Waals surface area contributed by atoms with Crippen LogP contribution < -0.4 is 21.7 Å². The fraction of sp³-hybridized carbons (Fsp3) is 0.455. The van der Waals surface area contributed by atoms with Gasteiger partial charge >= 0.3 is 0 Å². The molecule has 0 spiro atoms. The van der Waals surface area contributed by atoms with Gasteiger partial charge in [0.15, 0.2) is 0 Å². The summed E-state index contributed by atoms with van der Waals surface area (Å²) in [4.78, 5) is 51.6. The van der Waals surface area contributed by atoms with E-state index in [9.17, 15) is 24.3 Å². The van der Waals surface area contributed by atoms with Crippen molar-refractivity contribution in [3.63, 3.8) is 0 Å². The zero-order valence-electron chi connectivity index (χ0n) is 18.5. The van der Waals surface area contributed by atoms with Crippen LogP contribution >= 0.6 is 0 Å². The molecule has 1 aromatic heterocycles. The number of carbonyl (C=O) groups is 4. The molecule has 0 aliphatic heterocycles. The number of aliphatic hydroxyl groups is 1. The van der Waals surface area contributed by atoms with Crippen molar-refractivity contribution < 1.29 is 24.3 Å². The van der Waals surface area contributed by atoms with E-state index in [1.807, 2.05) is 38.1 Å². The van der Waals surface area contributed by atoms with Crippen LogP contribution in [0.5, 0.6) is 0 Å². The number of primary amides is 1. The number of aromatic nitrogens is 1. The van der Waals surface area contributed by atoms with Crippen molar-refractivity contribution in [2.24, 2.45) is 11.7 Å². The van der Waals surface area contributed by atoms with Crippen molar-refractivity contribution in [1.29, 1.82) is 0 Å². The number of aromatic amines is 1. The van der Waals surface area contributed by atoms with Crippen LogP contribution in [0.4, 0.5) is 0 Å². The Bertz CT molecular complexity index is 969. The number of nitrogens with two attached hydrogens (primary N) is 1. The third-order valence-electron chi connectivity index (χ3n) is 4.88. The van der Waals surface area contributed by atoms with Gasteiger partial charge in [-0.2, -0.15) is 0 Å². The zero-order valence-corrected chi connectivity index (χ0v) is 18.5. The van der Waals surface area contributed by atoms with E-state index in [1.54, 1.807) is 6.20 Å². The number of rotatable bonds is 11. The van der Waals surface area contributed by atoms with Crippen molar-refractivity contribution in [2.75, 3.05) is 6.54 Å². The van der Waals surface area contributed by atoms with Gasteiger partial charge in [0, 0.05) is 29.9 Å². The number of amides is 4. The van der Waals surface area contributed by atoms with Crippen LogP contribution in [-0.2, 0) is 25.6 Å². The minimum absolute atomic E-state index is 0.0846. The van der Waals surface area contributed by atoms with E-state index >= 15 is 0 Å². The quantitative estimate of drug-likeness (QED) is 0.279. The number of fused-ring (bicyclic) bond motifs is 1. The standard InChI is InChI=1S/C22H31N5O5/c1-12(2)8-18(29)27-20(13(3)28)22(32)25-11-19(30)26-17(21(23)31)9-14-10-24-16-7-5-4-6-15(14)16/h4-7,10,12-13,17,20,24,28H,8-9,11H2,1-3H3,(H2,23,31)(H,25,32)(H,26,30)(H,27,29)/t13-,17+,20+/m1/s1. The van der Waals surface area contributed by atoms with Gasteiger partial charge in [0.2, 0.25) is 23.6 Å². The highest BCUT2D eigenvalue weighted by molar-refractivity contribution is 5.93. The molecule has 2 rings (SSSR count). The van der Waals surface area contributed by atoms with Gasteiger partial charge in [-0.1, -0.05) is 32.0 Å². The smallest absolute Gasteiger partial charge is 0.245 e. The summed E-state index contributed by atoms with van der Waals surface area (Å²) in [5.74, 6) is -2.34. The molecule has 0 aliphatic carbocycles. The van der Waals surface area contributed by atoms with Crippen LogP contribution in [0.2, 0.25) is 0 Å². The van der Waals surface area contributed by atoms with Gasteiger partial charge in [0.1, 0.15) is 12.1 Å². The first-order chi connectivity index (χ1) is 15.1.